The Morgan fingerprint density at radius 3 is 2.67 bits per heavy atom. The van der Waals surface area contributed by atoms with Gasteiger partial charge >= 0.3 is 5.69 Å². The first-order chi connectivity index (χ1) is 9.80. The zero-order valence-electron chi connectivity index (χ0n) is 11.4. The molecular weight excluding hydrogens is 314 g/mol. The highest BCUT2D eigenvalue weighted by Crippen LogP contribution is 2.34. The van der Waals surface area contributed by atoms with Crippen LogP contribution in [0.5, 0.6) is 0 Å². The number of sulfone groups is 1. The molecule has 0 saturated heterocycles. The molecule has 1 aromatic heterocycles. The van der Waals surface area contributed by atoms with Crippen molar-refractivity contribution in [3.05, 3.63) is 44.9 Å². The summed E-state index contributed by atoms with van der Waals surface area (Å²) >= 11 is 1.43. The van der Waals surface area contributed by atoms with Crippen LogP contribution >= 0.6 is 11.3 Å². The molecule has 2 rings (SSSR count). The van der Waals surface area contributed by atoms with Crippen LogP contribution < -0.4 is 4.90 Å². The lowest BCUT2D eigenvalue weighted by Crippen LogP contribution is -2.18. The van der Waals surface area contributed by atoms with Gasteiger partial charge in [0.05, 0.1) is 11.5 Å². The molecule has 0 aliphatic rings. The maximum absolute atomic E-state index is 11.7. The van der Waals surface area contributed by atoms with E-state index in [9.17, 15) is 18.5 Å². The van der Waals surface area contributed by atoms with Crippen LogP contribution in [0.25, 0.3) is 0 Å². The summed E-state index contributed by atoms with van der Waals surface area (Å²) in [6.07, 6.45) is 2.61. The van der Waals surface area contributed by atoms with Crippen molar-refractivity contribution >= 4 is 32.5 Å². The predicted octanol–water partition coefficient (Wildman–Crippen LogP) is 2.09. The van der Waals surface area contributed by atoms with Crippen LogP contribution in [0.1, 0.15) is 5.01 Å². The van der Waals surface area contributed by atoms with Crippen molar-refractivity contribution in [1.29, 1.82) is 0 Å². The molecule has 0 aliphatic carbocycles. The van der Waals surface area contributed by atoms with Gasteiger partial charge in [-0.25, -0.2) is 13.4 Å². The molecule has 2 aromatic rings. The molecular formula is C12H13N3O4S2. The predicted molar refractivity (Wildman–Crippen MR) is 80.4 cm³/mol. The number of rotatable bonds is 5. The van der Waals surface area contributed by atoms with E-state index in [1.54, 1.807) is 18.1 Å². The smallest absolute Gasteiger partial charge is 0.311 e. The largest absolute Gasteiger partial charge is 0.362 e. The lowest BCUT2D eigenvalue weighted by molar-refractivity contribution is -0.387. The minimum absolute atomic E-state index is 0.248. The first-order valence-corrected chi connectivity index (χ1v) is 8.65. The van der Waals surface area contributed by atoms with Crippen molar-refractivity contribution in [2.24, 2.45) is 0 Å². The van der Waals surface area contributed by atoms with E-state index in [-0.39, 0.29) is 10.6 Å². The highest BCUT2D eigenvalue weighted by atomic mass is 32.2. The van der Waals surface area contributed by atoms with E-state index in [1.807, 2.05) is 5.38 Å². The Kier molecular flexibility index (Phi) is 4.24. The fraction of sp³-hybridized carbons (Fsp3) is 0.250. The van der Waals surface area contributed by atoms with Gasteiger partial charge in [0.2, 0.25) is 0 Å². The second-order valence-electron chi connectivity index (χ2n) is 4.44. The summed E-state index contributed by atoms with van der Waals surface area (Å²) < 4.78 is 23.4. The Hall–Kier alpha value is -2.00. The molecule has 0 unspecified atom stereocenters. The highest BCUT2D eigenvalue weighted by Gasteiger charge is 2.27. The first kappa shape index (κ1) is 15.4. The normalized spacial score (nSPS) is 11.3. The number of aromatic nitrogens is 1. The zero-order chi connectivity index (χ0) is 15.6. The summed E-state index contributed by atoms with van der Waals surface area (Å²) in [7, 11) is -2.02. The van der Waals surface area contributed by atoms with Gasteiger partial charge in [-0.1, -0.05) is 6.07 Å². The second kappa shape index (κ2) is 5.78. The number of benzene rings is 1. The van der Waals surface area contributed by atoms with E-state index in [2.05, 4.69) is 4.98 Å². The minimum Gasteiger partial charge on any atom is -0.362 e. The summed E-state index contributed by atoms with van der Waals surface area (Å²) in [5, 5.41) is 13.9. The van der Waals surface area contributed by atoms with Crippen LogP contribution in [0.2, 0.25) is 0 Å². The van der Waals surface area contributed by atoms with Crippen molar-refractivity contribution in [1.82, 2.24) is 4.98 Å². The molecule has 7 nitrogen and oxygen atoms in total. The van der Waals surface area contributed by atoms with Crippen LogP contribution in [0, 0.1) is 10.1 Å². The summed E-state index contributed by atoms with van der Waals surface area (Å²) in [4.78, 5) is 16.1. The van der Waals surface area contributed by atoms with E-state index in [1.165, 1.54) is 29.5 Å². The Balaban J connectivity index is 2.50. The van der Waals surface area contributed by atoms with Gasteiger partial charge in [-0.05, 0) is 12.1 Å². The van der Waals surface area contributed by atoms with Crippen LogP contribution in [-0.4, -0.2) is 31.6 Å². The number of nitrogens with zero attached hydrogens (tertiary/aromatic N) is 3. The third-order valence-corrected chi connectivity index (χ3v) is 4.72. The number of hydrogen-bond acceptors (Lipinski definition) is 7. The molecule has 0 aliphatic heterocycles. The highest BCUT2D eigenvalue weighted by molar-refractivity contribution is 7.90. The van der Waals surface area contributed by atoms with Gasteiger partial charge in [0, 0.05) is 24.9 Å². The maximum Gasteiger partial charge on any atom is 0.311 e. The lowest BCUT2D eigenvalue weighted by atomic mass is 10.2. The summed E-state index contributed by atoms with van der Waals surface area (Å²) in [5.74, 6) is 0. The molecule has 0 atom stereocenters. The van der Waals surface area contributed by atoms with Crippen molar-refractivity contribution in [3.63, 3.8) is 0 Å². The Labute approximate surface area is 125 Å². The molecule has 9 heteroatoms. The average molecular weight is 327 g/mol. The second-order valence-corrected chi connectivity index (χ2v) is 7.40. The fourth-order valence-corrected chi connectivity index (χ4v) is 3.45. The van der Waals surface area contributed by atoms with Crippen LogP contribution in [0.3, 0.4) is 0 Å². The molecule has 0 saturated carbocycles. The van der Waals surface area contributed by atoms with Gasteiger partial charge in [-0.2, -0.15) is 0 Å². The van der Waals surface area contributed by atoms with Crippen molar-refractivity contribution in [2.75, 3.05) is 18.2 Å². The molecule has 0 bridgehead atoms. The Bertz CT molecular complexity index is 757. The molecule has 0 N–H and O–H groups in total. The summed E-state index contributed by atoms with van der Waals surface area (Å²) in [6.45, 7) is 0.367. The van der Waals surface area contributed by atoms with E-state index in [0.29, 0.717) is 6.54 Å². The number of anilines is 1. The molecule has 1 aromatic carbocycles. The average Bonchev–Trinajstić information content (AvgIpc) is 2.89. The summed E-state index contributed by atoms with van der Waals surface area (Å²) in [6, 6.07) is 4.27. The third-order valence-electron chi connectivity index (χ3n) is 2.83. The maximum atomic E-state index is 11.7. The van der Waals surface area contributed by atoms with Crippen LogP contribution in [0.15, 0.2) is 34.7 Å². The molecule has 112 valence electrons. The van der Waals surface area contributed by atoms with Gasteiger partial charge in [-0.15, -0.1) is 11.3 Å². The Morgan fingerprint density at radius 1 is 1.43 bits per heavy atom. The van der Waals surface area contributed by atoms with E-state index in [4.69, 9.17) is 0 Å². The Morgan fingerprint density at radius 2 is 2.14 bits per heavy atom. The third kappa shape index (κ3) is 3.37. The summed E-state index contributed by atoms with van der Waals surface area (Å²) in [5.41, 5.74) is -0.155. The van der Waals surface area contributed by atoms with E-state index in [0.717, 1.165) is 11.3 Å². The molecule has 0 radical (unpaired) electrons. The number of nitro groups is 1. The number of hydrogen-bond donors (Lipinski definition) is 0. The monoisotopic (exact) mass is 327 g/mol. The topological polar surface area (TPSA) is 93.4 Å². The van der Waals surface area contributed by atoms with Gasteiger partial charge in [0.1, 0.15) is 15.6 Å². The number of nitro benzene ring substituents is 1. The zero-order valence-corrected chi connectivity index (χ0v) is 13.0. The minimum atomic E-state index is -3.68. The quantitative estimate of drug-likeness (QED) is 0.616. The van der Waals surface area contributed by atoms with Crippen molar-refractivity contribution in [3.8, 4) is 0 Å². The molecule has 0 amide bonds. The van der Waals surface area contributed by atoms with Gasteiger partial charge in [-0.3, -0.25) is 10.1 Å². The van der Waals surface area contributed by atoms with Crippen LogP contribution in [0.4, 0.5) is 11.4 Å². The lowest BCUT2D eigenvalue weighted by Gasteiger charge is -2.18. The molecule has 21 heavy (non-hydrogen) atoms. The number of thiazole rings is 1. The molecule has 0 fully saturated rings. The molecule has 1 heterocycles. The molecule has 0 spiro atoms. The number of para-hydroxylation sites is 1. The van der Waals surface area contributed by atoms with E-state index >= 15 is 0 Å². The van der Waals surface area contributed by atoms with Gasteiger partial charge < -0.3 is 4.90 Å². The first-order valence-electron chi connectivity index (χ1n) is 5.87. The van der Waals surface area contributed by atoms with Crippen molar-refractivity contribution in [2.45, 2.75) is 11.4 Å². The van der Waals surface area contributed by atoms with Crippen molar-refractivity contribution < 1.29 is 13.3 Å². The fourth-order valence-electron chi connectivity index (χ4n) is 1.92. The standard InChI is InChI=1S/C12H13N3O4S2/c1-14(8-11-13-6-7-20-11)9-4-3-5-10(21(2,18)19)12(9)15(16)17/h3-7H,8H2,1-2H3. The van der Waals surface area contributed by atoms with E-state index < -0.39 is 20.4 Å². The van der Waals surface area contributed by atoms with Gasteiger partial charge in [0.25, 0.3) is 0 Å². The van der Waals surface area contributed by atoms with Gasteiger partial charge in [0.15, 0.2) is 9.84 Å². The van der Waals surface area contributed by atoms with Crippen LogP contribution in [-0.2, 0) is 16.4 Å². The SMILES string of the molecule is CN(Cc1nccs1)c1cccc(S(C)(=O)=O)c1[N+](=O)[O-].